The van der Waals surface area contributed by atoms with E-state index >= 15 is 0 Å². The van der Waals surface area contributed by atoms with E-state index in [0.29, 0.717) is 13.0 Å². The van der Waals surface area contributed by atoms with E-state index in [-0.39, 0.29) is 36.7 Å². The minimum Gasteiger partial charge on any atom is -0.444 e. The number of alkyl halides is 2. The van der Waals surface area contributed by atoms with Gasteiger partial charge in [0.25, 0.3) is 0 Å². The van der Waals surface area contributed by atoms with Crippen LogP contribution in [0.15, 0.2) is 11.3 Å². The van der Waals surface area contributed by atoms with Gasteiger partial charge in [0.1, 0.15) is 11.7 Å². The maximum atomic E-state index is 14.6. The summed E-state index contributed by atoms with van der Waals surface area (Å²) in [5.41, 5.74) is -1.02. The van der Waals surface area contributed by atoms with Crippen LogP contribution in [0.3, 0.4) is 0 Å². The summed E-state index contributed by atoms with van der Waals surface area (Å²) < 4.78 is 34.5. The minimum absolute atomic E-state index is 0.0176. The first-order valence-corrected chi connectivity index (χ1v) is 8.54. The van der Waals surface area contributed by atoms with Crippen molar-refractivity contribution in [1.29, 1.82) is 5.41 Å². The molecule has 2 aliphatic heterocycles. The highest BCUT2D eigenvalue weighted by molar-refractivity contribution is 6.01. The molecule has 0 bridgehead atoms. The van der Waals surface area contributed by atoms with E-state index in [2.05, 4.69) is 5.32 Å². The third-order valence-electron chi connectivity index (χ3n) is 4.36. The third-order valence-corrected chi connectivity index (χ3v) is 4.36. The Labute approximate surface area is 146 Å². The van der Waals surface area contributed by atoms with Crippen molar-refractivity contribution in [2.75, 3.05) is 13.1 Å². The van der Waals surface area contributed by atoms with Crippen molar-refractivity contribution >= 4 is 11.8 Å². The van der Waals surface area contributed by atoms with E-state index in [4.69, 9.17) is 10.1 Å². The Kier molecular flexibility index (Phi) is 5.41. The molecule has 0 radical (unpaired) electrons. The van der Waals surface area contributed by atoms with Gasteiger partial charge in [-0.05, 0) is 40.5 Å². The standard InChI is InChI=1S/C17H27F2N3O3/c1-10-8-12(20)11(9-22(10)15(24)25-16(2,3)4)14-17(18,19)13(23)6-5-7-21-14/h10,13,20-21,23H,5-9H2,1-4H3/b14-11-,20-12?/t10-,13?/m0/s1. The number of carbonyl (C=O) groups excluding carboxylic acids is 1. The summed E-state index contributed by atoms with van der Waals surface area (Å²) >= 11 is 0. The molecule has 6 nitrogen and oxygen atoms in total. The zero-order valence-corrected chi connectivity index (χ0v) is 15.2. The van der Waals surface area contributed by atoms with Gasteiger partial charge in [0.05, 0.1) is 12.2 Å². The van der Waals surface area contributed by atoms with Gasteiger partial charge < -0.3 is 25.5 Å². The molecule has 0 aromatic rings. The molecule has 2 rings (SSSR count). The summed E-state index contributed by atoms with van der Waals surface area (Å²) in [5, 5.41) is 20.6. The Morgan fingerprint density at radius 2 is 2.08 bits per heavy atom. The van der Waals surface area contributed by atoms with Gasteiger partial charge in [-0.15, -0.1) is 0 Å². The molecule has 2 aliphatic rings. The smallest absolute Gasteiger partial charge is 0.410 e. The number of halogens is 2. The molecule has 3 N–H and O–H groups in total. The first-order chi connectivity index (χ1) is 11.4. The fourth-order valence-electron chi connectivity index (χ4n) is 3.03. The van der Waals surface area contributed by atoms with Crippen molar-refractivity contribution in [3.63, 3.8) is 0 Å². The van der Waals surface area contributed by atoms with Crippen LogP contribution in [0.4, 0.5) is 13.6 Å². The molecule has 2 fully saturated rings. The average Bonchev–Trinajstić information content (AvgIpc) is 2.57. The van der Waals surface area contributed by atoms with Crippen molar-refractivity contribution in [1.82, 2.24) is 10.2 Å². The van der Waals surface area contributed by atoms with Gasteiger partial charge in [-0.2, -0.15) is 8.78 Å². The number of amides is 1. The number of nitrogens with one attached hydrogen (secondary N) is 2. The molecule has 2 atom stereocenters. The molecule has 0 aromatic heterocycles. The largest absolute Gasteiger partial charge is 0.444 e. The van der Waals surface area contributed by atoms with Crippen molar-refractivity contribution < 1.29 is 23.4 Å². The Hall–Kier alpha value is -1.70. The first-order valence-electron chi connectivity index (χ1n) is 8.54. The lowest BCUT2D eigenvalue weighted by Gasteiger charge is -2.38. The van der Waals surface area contributed by atoms with Gasteiger partial charge in [-0.25, -0.2) is 4.79 Å². The normalized spacial score (nSPS) is 30.5. The molecule has 2 heterocycles. The number of rotatable bonds is 0. The molecular weight excluding hydrogens is 332 g/mol. The van der Waals surface area contributed by atoms with Gasteiger partial charge in [0.15, 0.2) is 0 Å². The van der Waals surface area contributed by atoms with Gasteiger partial charge in [0.2, 0.25) is 0 Å². The van der Waals surface area contributed by atoms with E-state index in [1.54, 1.807) is 27.7 Å². The number of aliphatic hydroxyl groups is 1. The molecule has 2 saturated heterocycles. The fourth-order valence-corrected chi connectivity index (χ4v) is 3.03. The summed E-state index contributed by atoms with van der Waals surface area (Å²) in [4.78, 5) is 13.8. The molecule has 8 heteroatoms. The zero-order valence-electron chi connectivity index (χ0n) is 15.2. The molecule has 0 aromatic carbocycles. The summed E-state index contributed by atoms with van der Waals surface area (Å²) in [6, 6.07) is -0.323. The monoisotopic (exact) mass is 359 g/mol. The van der Waals surface area contributed by atoms with Crippen LogP contribution in [0.5, 0.6) is 0 Å². The number of hydrogen-bond donors (Lipinski definition) is 3. The molecule has 1 unspecified atom stereocenters. The van der Waals surface area contributed by atoms with Gasteiger partial charge in [-0.3, -0.25) is 0 Å². The number of likely N-dealkylation sites (tertiary alicyclic amines) is 1. The van der Waals surface area contributed by atoms with Gasteiger partial charge >= 0.3 is 12.0 Å². The number of nitrogens with zero attached hydrogens (tertiary/aromatic N) is 1. The molecule has 0 saturated carbocycles. The lowest BCUT2D eigenvalue weighted by Crippen LogP contribution is -2.50. The molecule has 25 heavy (non-hydrogen) atoms. The summed E-state index contributed by atoms with van der Waals surface area (Å²) in [6.45, 7) is 7.11. The highest BCUT2D eigenvalue weighted by Crippen LogP contribution is 2.35. The van der Waals surface area contributed by atoms with Crippen LogP contribution in [-0.4, -0.2) is 58.6 Å². The van der Waals surface area contributed by atoms with E-state index in [9.17, 15) is 18.7 Å². The van der Waals surface area contributed by atoms with E-state index < -0.39 is 29.4 Å². The lowest BCUT2D eigenvalue weighted by atomic mass is 9.92. The van der Waals surface area contributed by atoms with Crippen LogP contribution < -0.4 is 5.32 Å². The average molecular weight is 359 g/mol. The van der Waals surface area contributed by atoms with Crippen LogP contribution in [0.25, 0.3) is 0 Å². The second-order valence-corrected chi connectivity index (χ2v) is 7.70. The Morgan fingerprint density at radius 3 is 2.68 bits per heavy atom. The Morgan fingerprint density at radius 1 is 1.44 bits per heavy atom. The SMILES string of the molecule is C[C@H]1CC(=N)/C(=C2\NCCCC(O)C2(F)F)CN1C(=O)OC(C)(C)C. The second-order valence-electron chi connectivity index (χ2n) is 7.70. The van der Waals surface area contributed by atoms with Crippen molar-refractivity contribution in [2.45, 2.75) is 70.6 Å². The highest BCUT2D eigenvalue weighted by atomic mass is 19.3. The second kappa shape index (κ2) is 6.90. The van der Waals surface area contributed by atoms with Gasteiger partial charge in [0, 0.05) is 30.3 Å². The number of carbonyl (C=O) groups is 1. The van der Waals surface area contributed by atoms with Crippen LogP contribution >= 0.6 is 0 Å². The summed E-state index contributed by atoms with van der Waals surface area (Å²) in [6.07, 6.45) is -1.84. The van der Waals surface area contributed by atoms with Gasteiger partial charge in [-0.1, -0.05) is 0 Å². The predicted octanol–water partition coefficient (Wildman–Crippen LogP) is 2.67. The van der Waals surface area contributed by atoms with E-state index in [1.807, 2.05) is 0 Å². The molecule has 0 aliphatic carbocycles. The Balaban J connectivity index is 2.36. The molecule has 1 amide bonds. The topological polar surface area (TPSA) is 85.7 Å². The van der Waals surface area contributed by atoms with Crippen molar-refractivity contribution in [3.8, 4) is 0 Å². The molecule has 142 valence electrons. The maximum Gasteiger partial charge on any atom is 0.410 e. The number of ether oxygens (including phenoxy) is 1. The highest BCUT2D eigenvalue weighted by Gasteiger charge is 2.47. The van der Waals surface area contributed by atoms with Crippen LogP contribution in [0.1, 0.15) is 47.0 Å². The third kappa shape index (κ3) is 4.29. The van der Waals surface area contributed by atoms with Crippen molar-refractivity contribution in [2.24, 2.45) is 0 Å². The fraction of sp³-hybridized carbons (Fsp3) is 0.765. The quantitative estimate of drug-likeness (QED) is 0.621. The van der Waals surface area contributed by atoms with Crippen LogP contribution in [0, 0.1) is 5.41 Å². The minimum atomic E-state index is -3.47. The number of aliphatic hydroxyl groups excluding tert-OH is 1. The lowest BCUT2D eigenvalue weighted by molar-refractivity contribution is -0.0815. The number of hydrogen-bond acceptors (Lipinski definition) is 5. The van der Waals surface area contributed by atoms with Crippen molar-refractivity contribution in [3.05, 3.63) is 11.3 Å². The zero-order chi connectivity index (χ0) is 19.0. The maximum absolute atomic E-state index is 14.6. The van der Waals surface area contributed by atoms with Crippen LogP contribution in [0.2, 0.25) is 0 Å². The van der Waals surface area contributed by atoms with Crippen LogP contribution in [-0.2, 0) is 4.74 Å². The summed E-state index contributed by atoms with van der Waals surface area (Å²) in [5.74, 6) is -3.47. The van der Waals surface area contributed by atoms with E-state index in [0.717, 1.165) is 0 Å². The first kappa shape index (κ1) is 19.6. The Bertz CT molecular complexity index is 584. The van der Waals surface area contributed by atoms with E-state index in [1.165, 1.54) is 4.90 Å². The predicted molar refractivity (Wildman–Crippen MR) is 90.0 cm³/mol. The summed E-state index contributed by atoms with van der Waals surface area (Å²) in [7, 11) is 0. The number of piperidine rings is 1. The molecule has 0 spiro atoms. The molecular formula is C17H27F2N3O3.